The molecule has 1 fully saturated rings. The summed E-state index contributed by atoms with van der Waals surface area (Å²) in [5.41, 5.74) is 0.0204. The molecule has 25 heavy (non-hydrogen) atoms. The molecular weight excluding hydrogens is 363 g/mol. The van der Waals surface area contributed by atoms with Crippen LogP contribution in [0, 0.1) is 0 Å². The molecule has 0 amide bonds. The molecule has 1 aromatic carbocycles. The van der Waals surface area contributed by atoms with Gasteiger partial charge in [-0.1, -0.05) is 55.5 Å². The van der Waals surface area contributed by atoms with Gasteiger partial charge in [0.2, 0.25) is 5.78 Å². The van der Waals surface area contributed by atoms with E-state index in [0.29, 0.717) is 28.0 Å². The van der Waals surface area contributed by atoms with E-state index in [0.717, 1.165) is 32.1 Å². The fraction of sp³-hybridized carbons (Fsp3) is 0.474. The van der Waals surface area contributed by atoms with Crippen LogP contribution in [-0.2, 0) is 19.1 Å². The first kappa shape index (κ1) is 18.4. The summed E-state index contributed by atoms with van der Waals surface area (Å²) in [6, 6.07) is 4.85. The van der Waals surface area contributed by atoms with Crippen LogP contribution in [0.15, 0.2) is 30.0 Å². The number of carbonyl (C=O) groups is 2. The molecule has 3 rings (SSSR count). The third-order valence-corrected chi connectivity index (χ3v) is 5.53. The minimum Gasteiger partial charge on any atom is -0.422 e. The van der Waals surface area contributed by atoms with Gasteiger partial charge in [-0.15, -0.1) is 0 Å². The van der Waals surface area contributed by atoms with Crippen LogP contribution in [0.2, 0.25) is 10.0 Å². The monoisotopic (exact) mass is 382 g/mol. The molecule has 4 nitrogen and oxygen atoms in total. The van der Waals surface area contributed by atoms with E-state index in [4.69, 9.17) is 32.7 Å². The molecule has 1 unspecified atom stereocenters. The van der Waals surface area contributed by atoms with Crippen LogP contribution in [0.1, 0.15) is 50.5 Å². The predicted octanol–water partition coefficient (Wildman–Crippen LogP) is 4.83. The van der Waals surface area contributed by atoms with Gasteiger partial charge in [0.05, 0.1) is 12.5 Å². The average molecular weight is 383 g/mol. The second-order valence-electron chi connectivity index (χ2n) is 6.58. The normalized spacial score (nSPS) is 20.2. The largest absolute Gasteiger partial charge is 0.422 e. The number of ether oxygens (including phenoxy) is 2. The maximum atomic E-state index is 12.5. The summed E-state index contributed by atoms with van der Waals surface area (Å²) < 4.78 is 11.3. The number of esters is 1. The van der Waals surface area contributed by atoms with Crippen molar-refractivity contribution in [2.45, 2.75) is 50.5 Å². The van der Waals surface area contributed by atoms with Gasteiger partial charge in [-0.05, 0) is 36.6 Å². The summed E-state index contributed by atoms with van der Waals surface area (Å²) in [7, 11) is 0. The standard InChI is InChI=1S/C19H20Cl2O4/c1-12(14-6-5-13(20)11-15(14)21)17(22)18(23)25-16-7-10-24-19(16)8-3-2-4-9-19/h5-7,11-12H,2-4,8-10H2,1H3. The Hall–Kier alpha value is -1.36. The van der Waals surface area contributed by atoms with Crippen molar-refractivity contribution in [3.8, 4) is 0 Å². The van der Waals surface area contributed by atoms with E-state index in [9.17, 15) is 9.59 Å². The molecule has 1 atom stereocenters. The number of carbonyl (C=O) groups excluding carboxylic acids is 2. The molecule has 0 bridgehead atoms. The number of benzene rings is 1. The minimum absolute atomic E-state index is 0.355. The lowest BCUT2D eigenvalue weighted by atomic mass is 9.84. The summed E-state index contributed by atoms with van der Waals surface area (Å²) in [5.74, 6) is -1.73. The molecule has 0 radical (unpaired) electrons. The lowest BCUT2D eigenvalue weighted by Crippen LogP contribution is -2.36. The highest BCUT2D eigenvalue weighted by Gasteiger charge is 2.43. The highest BCUT2D eigenvalue weighted by Crippen LogP contribution is 2.41. The zero-order valence-electron chi connectivity index (χ0n) is 14.0. The van der Waals surface area contributed by atoms with Crippen molar-refractivity contribution in [2.75, 3.05) is 6.61 Å². The second-order valence-corrected chi connectivity index (χ2v) is 7.42. The summed E-state index contributed by atoms with van der Waals surface area (Å²) in [6.07, 6.45) is 6.60. The zero-order chi connectivity index (χ0) is 18.0. The molecule has 1 aliphatic heterocycles. The smallest absolute Gasteiger partial charge is 0.380 e. The van der Waals surface area contributed by atoms with Gasteiger partial charge < -0.3 is 9.47 Å². The van der Waals surface area contributed by atoms with Crippen molar-refractivity contribution in [1.82, 2.24) is 0 Å². The summed E-state index contributed by atoms with van der Waals surface area (Å²) in [6.45, 7) is 2.05. The van der Waals surface area contributed by atoms with E-state index in [2.05, 4.69) is 0 Å². The Balaban J connectivity index is 1.71. The fourth-order valence-electron chi connectivity index (χ4n) is 3.50. The van der Waals surface area contributed by atoms with Crippen molar-refractivity contribution in [3.05, 3.63) is 45.6 Å². The van der Waals surface area contributed by atoms with Crippen LogP contribution in [-0.4, -0.2) is 24.0 Å². The van der Waals surface area contributed by atoms with E-state index in [1.54, 1.807) is 31.2 Å². The van der Waals surface area contributed by atoms with Crippen molar-refractivity contribution >= 4 is 35.0 Å². The maximum Gasteiger partial charge on any atom is 0.380 e. The molecular formula is C19H20Cl2O4. The summed E-state index contributed by atoms with van der Waals surface area (Å²) in [4.78, 5) is 24.9. The zero-order valence-corrected chi connectivity index (χ0v) is 15.5. The van der Waals surface area contributed by atoms with Crippen LogP contribution in [0.5, 0.6) is 0 Å². The van der Waals surface area contributed by atoms with Gasteiger partial charge in [0.25, 0.3) is 0 Å². The SMILES string of the molecule is CC(C(=O)C(=O)OC1=CCOC12CCCCC2)c1ccc(Cl)cc1Cl. The molecule has 1 aliphatic carbocycles. The van der Waals surface area contributed by atoms with Crippen molar-refractivity contribution < 1.29 is 19.1 Å². The van der Waals surface area contributed by atoms with Gasteiger partial charge in [-0.25, -0.2) is 4.79 Å². The van der Waals surface area contributed by atoms with E-state index in [-0.39, 0.29) is 0 Å². The maximum absolute atomic E-state index is 12.5. The Morgan fingerprint density at radius 2 is 1.92 bits per heavy atom. The van der Waals surface area contributed by atoms with Crippen LogP contribution in [0.25, 0.3) is 0 Å². The first-order chi connectivity index (χ1) is 11.9. The molecule has 1 aromatic rings. The lowest BCUT2D eigenvalue weighted by molar-refractivity contribution is -0.154. The number of hydrogen-bond acceptors (Lipinski definition) is 4. The number of halogens is 2. The van der Waals surface area contributed by atoms with Crippen LogP contribution < -0.4 is 0 Å². The van der Waals surface area contributed by atoms with Crippen LogP contribution >= 0.6 is 23.2 Å². The van der Waals surface area contributed by atoms with Crippen molar-refractivity contribution in [3.63, 3.8) is 0 Å². The highest BCUT2D eigenvalue weighted by molar-refractivity contribution is 6.38. The van der Waals surface area contributed by atoms with Gasteiger partial charge in [-0.3, -0.25) is 4.79 Å². The topological polar surface area (TPSA) is 52.6 Å². The molecule has 1 heterocycles. The quantitative estimate of drug-likeness (QED) is 0.552. The molecule has 1 saturated carbocycles. The molecule has 2 aliphatic rings. The minimum atomic E-state index is -0.875. The Morgan fingerprint density at radius 1 is 1.20 bits per heavy atom. The van der Waals surface area contributed by atoms with Crippen LogP contribution in [0.4, 0.5) is 0 Å². The molecule has 1 spiro atoms. The molecule has 0 saturated heterocycles. The predicted molar refractivity (Wildman–Crippen MR) is 95.8 cm³/mol. The lowest BCUT2D eigenvalue weighted by Gasteiger charge is -2.34. The average Bonchev–Trinajstić information content (AvgIpc) is 2.96. The number of rotatable bonds is 4. The number of Topliss-reactive ketones (excluding diaryl/α,β-unsaturated/α-hetero) is 1. The van der Waals surface area contributed by atoms with Crippen molar-refractivity contribution in [1.29, 1.82) is 0 Å². The highest BCUT2D eigenvalue weighted by atomic mass is 35.5. The molecule has 134 valence electrons. The molecule has 0 aromatic heterocycles. The van der Waals surface area contributed by atoms with E-state index >= 15 is 0 Å². The second kappa shape index (κ2) is 7.48. The number of ketones is 1. The van der Waals surface area contributed by atoms with Gasteiger partial charge in [0, 0.05) is 10.0 Å². The summed E-state index contributed by atoms with van der Waals surface area (Å²) >= 11 is 12.0. The van der Waals surface area contributed by atoms with E-state index < -0.39 is 23.3 Å². The Kier molecular flexibility index (Phi) is 5.52. The third-order valence-electron chi connectivity index (χ3n) is 4.96. The Bertz CT molecular complexity index is 720. The van der Waals surface area contributed by atoms with Crippen LogP contribution in [0.3, 0.4) is 0 Å². The first-order valence-corrected chi connectivity index (χ1v) is 9.24. The van der Waals surface area contributed by atoms with Gasteiger partial charge in [0.15, 0.2) is 0 Å². The molecule has 0 N–H and O–H groups in total. The fourth-order valence-corrected chi connectivity index (χ4v) is 4.08. The van der Waals surface area contributed by atoms with E-state index in [1.165, 1.54) is 0 Å². The van der Waals surface area contributed by atoms with Gasteiger partial charge in [0.1, 0.15) is 11.4 Å². The van der Waals surface area contributed by atoms with Gasteiger partial charge in [-0.2, -0.15) is 0 Å². The Labute approximate surface area is 157 Å². The molecule has 6 heteroatoms. The first-order valence-electron chi connectivity index (χ1n) is 8.48. The van der Waals surface area contributed by atoms with E-state index in [1.807, 2.05) is 0 Å². The summed E-state index contributed by atoms with van der Waals surface area (Å²) in [5, 5.41) is 0.830. The third kappa shape index (κ3) is 3.76. The van der Waals surface area contributed by atoms with Crippen molar-refractivity contribution in [2.24, 2.45) is 0 Å². The number of hydrogen-bond donors (Lipinski definition) is 0. The van der Waals surface area contributed by atoms with Gasteiger partial charge >= 0.3 is 5.97 Å². The Morgan fingerprint density at radius 3 is 2.60 bits per heavy atom.